The highest BCUT2D eigenvalue weighted by molar-refractivity contribution is 6.08. The van der Waals surface area contributed by atoms with Crippen LogP contribution in [-0.2, 0) is 20.9 Å². The quantitative estimate of drug-likeness (QED) is 0.485. The molecule has 1 saturated carbocycles. The summed E-state index contributed by atoms with van der Waals surface area (Å²) >= 11 is 0. The van der Waals surface area contributed by atoms with E-state index in [0.29, 0.717) is 35.3 Å². The highest BCUT2D eigenvalue weighted by Gasteiger charge is 2.52. The number of para-hydroxylation sites is 1. The van der Waals surface area contributed by atoms with Crippen LogP contribution >= 0.6 is 0 Å². The van der Waals surface area contributed by atoms with E-state index in [1.807, 2.05) is 18.2 Å². The number of furan rings is 1. The monoisotopic (exact) mass is 455 g/mol. The van der Waals surface area contributed by atoms with Gasteiger partial charge in [-0.25, -0.2) is 9.59 Å². The fourth-order valence-corrected chi connectivity index (χ4v) is 3.91. The number of hydrogen-bond acceptors (Lipinski definition) is 7. The van der Waals surface area contributed by atoms with Crippen LogP contribution in [0.5, 0.6) is 5.75 Å². The third-order valence-corrected chi connectivity index (χ3v) is 5.85. The summed E-state index contributed by atoms with van der Waals surface area (Å²) in [5, 5.41) is 3.37. The maximum atomic E-state index is 12.8. The van der Waals surface area contributed by atoms with Crippen molar-refractivity contribution in [2.75, 3.05) is 6.61 Å². The van der Waals surface area contributed by atoms with E-state index in [2.05, 4.69) is 17.7 Å². The Kier molecular flexibility index (Phi) is 6.34. The van der Waals surface area contributed by atoms with Gasteiger partial charge in [-0.2, -0.15) is 5.01 Å². The van der Waals surface area contributed by atoms with Crippen LogP contribution in [-0.4, -0.2) is 41.0 Å². The van der Waals surface area contributed by atoms with Crippen LogP contribution in [0.25, 0.3) is 0 Å². The predicted octanol–water partition coefficient (Wildman–Crippen LogP) is 2.55. The smallest absolute Gasteiger partial charge is 0.374 e. The minimum atomic E-state index is -0.972. The minimum Gasteiger partial charge on any atom is -0.486 e. The van der Waals surface area contributed by atoms with Crippen molar-refractivity contribution in [1.29, 1.82) is 0 Å². The van der Waals surface area contributed by atoms with Crippen LogP contribution < -0.4 is 15.5 Å². The third kappa shape index (κ3) is 5.00. The molecule has 1 spiro atoms. The Hall–Kier alpha value is -3.82. The molecule has 2 heterocycles. The summed E-state index contributed by atoms with van der Waals surface area (Å²) in [6, 6.07) is 11.4. The number of hydrogen-bond donors (Lipinski definition) is 2. The summed E-state index contributed by atoms with van der Waals surface area (Å²) in [5.41, 5.74) is 1.24. The number of amides is 4. The molecule has 1 saturated heterocycles. The van der Waals surface area contributed by atoms with E-state index in [1.165, 1.54) is 6.07 Å². The average molecular weight is 455 g/mol. The highest BCUT2D eigenvalue weighted by Crippen LogP contribution is 2.35. The molecule has 4 rings (SSSR count). The largest absolute Gasteiger partial charge is 0.486 e. The number of hydrazine groups is 1. The maximum absolute atomic E-state index is 12.8. The number of rotatable bonds is 7. The van der Waals surface area contributed by atoms with Gasteiger partial charge in [-0.1, -0.05) is 25.1 Å². The van der Waals surface area contributed by atoms with Crippen molar-refractivity contribution in [3.63, 3.8) is 0 Å². The molecule has 1 aromatic carbocycles. The lowest BCUT2D eigenvalue weighted by Crippen LogP contribution is -2.52. The molecule has 4 amide bonds. The molecule has 1 aliphatic heterocycles. The molecule has 2 fully saturated rings. The number of urea groups is 1. The lowest BCUT2D eigenvalue weighted by atomic mass is 9.77. The summed E-state index contributed by atoms with van der Waals surface area (Å²) in [4.78, 5) is 49.4. The second-order valence-corrected chi connectivity index (χ2v) is 8.31. The van der Waals surface area contributed by atoms with Gasteiger partial charge in [0.15, 0.2) is 6.61 Å². The Morgan fingerprint density at radius 2 is 1.88 bits per heavy atom. The molecule has 0 bridgehead atoms. The van der Waals surface area contributed by atoms with E-state index < -0.39 is 36.0 Å². The molecule has 0 atom stereocenters. The van der Waals surface area contributed by atoms with Crippen molar-refractivity contribution in [3.05, 3.63) is 54.0 Å². The molecule has 10 heteroatoms. The molecule has 1 aliphatic carbocycles. The molecule has 2 aromatic rings. The number of carbonyl (C=O) groups excluding carboxylic acids is 4. The van der Waals surface area contributed by atoms with E-state index in [0.717, 1.165) is 12.8 Å². The van der Waals surface area contributed by atoms with Gasteiger partial charge in [-0.05, 0) is 55.9 Å². The fraction of sp³-hybridized carbons (Fsp3) is 0.391. The summed E-state index contributed by atoms with van der Waals surface area (Å²) in [7, 11) is 0. The number of imide groups is 1. The molecule has 10 nitrogen and oxygen atoms in total. The molecule has 0 radical (unpaired) electrons. The maximum Gasteiger partial charge on any atom is 0.374 e. The molecule has 0 unspecified atom stereocenters. The SMILES string of the molecule is CC1CCC2(CC1)NC(=O)N(NC(=O)COC(=O)c1ccc(COc3ccccc3)o1)C2=O. The van der Waals surface area contributed by atoms with Crippen molar-refractivity contribution in [1.82, 2.24) is 15.8 Å². The van der Waals surface area contributed by atoms with Gasteiger partial charge < -0.3 is 19.2 Å². The second-order valence-electron chi connectivity index (χ2n) is 8.31. The first kappa shape index (κ1) is 22.4. The molecule has 2 aliphatic rings. The van der Waals surface area contributed by atoms with Crippen molar-refractivity contribution >= 4 is 23.8 Å². The third-order valence-electron chi connectivity index (χ3n) is 5.85. The number of esters is 1. The Bertz CT molecular complexity index is 1040. The Morgan fingerprint density at radius 1 is 1.15 bits per heavy atom. The van der Waals surface area contributed by atoms with E-state index in [4.69, 9.17) is 13.9 Å². The normalized spacial score (nSPS) is 22.2. The first-order valence-corrected chi connectivity index (χ1v) is 10.8. The van der Waals surface area contributed by atoms with Gasteiger partial charge >= 0.3 is 12.0 Å². The van der Waals surface area contributed by atoms with Gasteiger partial charge in [0, 0.05) is 0 Å². The summed E-state index contributed by atoms with van der Waals surface area (Å²) in [6.45, 7) is 1.53. The molecule has 1 aromatic heterocycles. The van der Waals surface area contributed by atoms with E-state index in [-0.39, 0.29) is 12.4 Å². The lowest BCUT2D eigenvalue weighted by molar-refractivity contribution is -0.141. The van der Waals surface area contributed by atoms with Gasteiger partial charge in [0.1, 0.15) is 23.7 Å². The molecular formula is C23H25N3O7. The van der Waals surface area contributed by atoms with Crippen molar-refractivity contribution < 1.29 is 33.1 Å². The number of nitrogens with zero attached hydrogens (tertiary/aromatic N) is 1. The van der Waals surface area contributed by atoms with E-state index >= 15 is 0 Å². The van der Waals surface area contributed by atoms with Crippen molar-refractivity contribution in [2.45, 2.75) is 44.8 Å². The fourth-order valence-electron chi connectivity index (χ4n) is 3.91. The topological polar surface area (TPSA) is 127 Å². The van der Waals surface area contributed by atoms with Gasteiger partial charge in [0.25, 0.3) is 11.8 Å². The minimum absolute atomic E-state index is 0.0975. The second kappa shape index (κ2) is 9.35. The molecule has 33 heavy (non-hydrogen) atoms. The number of carbonyl (C=O) groups is 4. The zero-order valence-corrected chi connectivity index (χ0v) is 18.2. The van der Waals surface area contributed by atoms with E-state index in [1.54, 1.807) is 18.2 Å². The van der Waals surface area contributed by atoms with Crippen LogP contribution in [0.1, 0.15) is 48.9 Å². The first-order valence-electron chi connectivity index (χ1n) is 10.8. The van der Waals surface area contributed by atoms with Crippen LogP contribution in [0.3, 0.4) is 0 Å². The number of ether oxygens (including phenoxy) is 2. The first-order chi connectivity index (χ1) is 15.9. The lowest BCUT2D eigenvalue weighted by Gasteiger charge is -2.33. The summed E-state index contributed by atoms with van der Waals surface area (Å²) in [6.07, 6.45) is 2.67. The van der Waals surface area contributed by atoms with Gasteiger partial charge in [-0.15, -0.1) is 0 Å². The van der Waals surface area contributed by atoms with Gasteiger partial charge in [0.05, 0.1) is 0 Å². The summed E-state index contributed by atoms with van der Waals surface area (Å²) in [5.74, 6) is -0.719. The van der Waals surface area contributed by atoms with E-state index in [9.17, 15) is 19.2 Å². The van der Waals surface area contributed by atoms with Crippen LogP contribution in [0.15, 0.2) is 46.9 Å². The van der Waals surface area contributed by atoms with Crippen molar-refractivity contribution in [3.8, 4) is 5.75 Å². The summed E-state index contributed by atoms with van der Waals surface area (Å²) < 4.78 is 15.9. The van der Waals surface area contributed by atoms with Gasteiger partial charge in [0.2, 0.25) is 5.76 Å². The molecule has 174 valence electrons. The Labute approximate surface area is 190 Å². The highest BCUT2D eigenvalue weighted by atomic mass is 16.6. The number of nitrogens with one attached hydrogen (secondary N) is 2. The zero-order valence-electron chi connectivity index (χ0n) is 18.2. The molecule has 2 N–H and O–H groups in total. The average Bonchev–Trinajstić information content (AvgIpc) is 3.38. The molecular weight excluding hydrogens is 430 g/mol. The predicted molar refractivity (Wildman–Crippen MR) is 114 cm³/mol. The van der Waals surface area contributed by atoms with Crippen LogP contribution in [0.4, 0.5) is 4.79 Å². The Balaban J connectivity index is 1.25. The standard InChI is InChI=1S/C23H25N3O7/c1-15-9-11-23(12-10-15)21(29)26(22(30)24-23)25-19(27)14-32-20(28)18-8-7-17(33-18)13-31-16-5-3-2-4-6-16/h2-8,15H,9-14H2,1H3,(H,24,30)(H,25,27). The van der Waals surface area contributed by atoms with Crippen LogP contribution in [0.2, 0.25) is 0 Å². The van der Waals surface area contributed by atoms with Crippen molar-refractivity contribution in [2.24, 2.45) is 5.92 Å². The zero-order chi connectivity index (χ0) is 23.4. The van der Waals surface area contributed by atoms with Crippen LogP contribution in [0, 0.1) is 5.92 Å². The van der Waals surface area contributed by atoms with Gasteiger partial charge in [-0.3, -0.25) is 15.0 Å². The Morgan fingerprint density at radius 3 is 2.61 bits per heavy atom. The number of benzene rings is 1.